The minimum absolute atomic E-state index is 0. The number of halogens is 1. The van der Waals surface area contributed by atoms with E-state index in [-0.39, 0.29) is 24.0 Å². The van der Waals surface area contributed by atoms with E-state index in [2.05, 4.69) is 61.9 Å². The Balaban J connectivity index is 0.00000272. The summed E-state index contributed by atoms with van der Waals surface area (Å²) < 4.78 is 1.97. The molecule has 0 aliphatic carbocycles. The minimum Gasteiger partial charge on any atom is -0.352 e. The summed E-state index contributed by atoms with van der Waals surface area (Å²) in [5.74, 6) is 2.47. The van der Waals surface area contributed by atoms with Crippen LogP contribution in [0.4, 0.5) is 0 Å². The van der Waals surface area contributed by atoms with E-state index in [9.17, 15) is 0 Å². The summed E-state index contributed by atoms with van der Waals surface area (Å²) in [7, 11) is 1.78. The molecule has 2 aromatic heterocycles. The monoisotopic (exact) mass is 533 g/mol. The molecule has 7 nitrogen and oxygen atoms in total. The molecule has 1 saturated heterocycles. The van der Waals surface area contributed by atoms with Gasteiger partial charge < -0.3 is 10.6 Å². The number of nitrogens with zero attached hydrogens (tertiary/aromatic N) is 5. The summed E-state index contributed by atoms with van der Waals surface area (Å²) in [6, 6.07) is 14.8. The molecule has 0 radical (unpaired) electrons. The number of hydrogen-bond donors (Lipinski definition) is 2. The molecule has 166 valence electrons. The fourth-order valence-electron chi connectivity index (χ4n) is 3.82. The highest BCUT2D eigenvalue weighted by molar-refractivity contribution is 14.0. The predicted octanol–water partition coefficient (Wildman–Crippen LogP) is 3.44. The van der Waals surface area contributed by atoms with E-state index < -0.39 is 0 Å². The lowest BCUT2D eigenvalue weighted by Gasteiger charge is -2.30. The quantitative estimate of drug-likeness (QED) is 0.289. The largest absolute Gasteiger partial charge is 0.352 e. The second-order valence-corrected chi connectivity index (χ2v) is 8.10. The van der Waals surface area contributed by atoms with Crippen LogP contribution >= 0.6 is 24.0 Å². The van der Waals surface area contributed by atoms with Crippen LogP contribution in [0.5, 0.6) is 0 Å². The van der Waals surface area contributed by atoms with Crippen molar-refractivity contribution in [2.75, 3.05) is 20.1 Å². The highest BCUT2D eigenvalue weighted by atomic mass is 127. The lowest BCUT2D eigenvalue weighted by atomic mass is 9.99. The van der Waals surface area contributed by atoms with E-state index in [0.717, 1.165) is 36.4 Å². The van der Waals surface area contributed by atoms with Crippen LogP contribution in [-0.2, 0) is 19.6 Å². The number of likely N-dealkylation sites (tertiary alicyclic amines) is 1. The number of nitrogens with one attached hydrogen (secondary N) is 2. The van der Waals surface area contributed by atoms with Crippen molar-refractivity contribution in [2.45, 2.75) is 39.4 Å². The number of piperidine rings is 1. The molecule has 3 heterocycles. The van der Waals surface area contributed by atoms with Crippen LogP contribution in [0, 0.1) is 5.92 Å². The summed E-state index contributed by atoms with van der Waals surface area (Å²) in [6.45, 7) is 7.12. The maximum absolute atomic E-state index is 4.31. The fourth-order valence-corrected chi connectivity index (χ4v) is 3.82. The molecule has 1 aliphatic rings. The number of benzene rings is 1. The van der Waals surface area contributed by atoms with Crippen LogP contribution in [0.15, 0.2) is 53.7 Å². The van der Waals surface area contributed by atoms with Gasteiger partial charge in [0, 0.05) is 26.3 Å². The second-order valence-electron chi connectivity index (χ2n) is 8.10. The average Bonchev–Trinajstić information content (AvgIpc) is 3.20. The first kappa shape index (κ1) is 23.5. The molecule has 0 spiro atoms. The number of fused-ring (bicyclic) bond motifs is 1. The molecular formula is C23H32IN7. The number of pyridine rings is 1. The Morgan fingerprint density at radius 2 is 1.71 bits per heavy atom. The Labute approximate surface area is 201 Å². The van der Waals surface area contributed by atoms with E-state index in [1.54, 1.807) is 7.05 Å². The van der Waals surface area contributed by atoms with Gasteiger partial charge in [-0.1, -0.05) is 37.3 Å². The Kier molecular flexibility index (Phi) is 8.65. The molecule has 1 fully saturated rings. The maximum Gasteiger partial charge on any atom is 0.191 e. The second kappa shape index (κ2) is 11.4. The molecule has 8 heteroatoms. The van der Waals surface area contributed by atoms with E-state index in [1.165, 1.54) is 37.1 Å². The normalized spacial score (nSPS) is 15.6. The zero-order valence-corrected chi connectivity index (χ0v) is 20.6. The third-order valence-corrected chi connectivity index (χ3v) is 5.79. The van der Waals surface area contributed by atoms with Crippen LogP contribution in [0.25, 0.3) is 5.65 Å². The molecule has 0 unspecified atom stereocenters. The van der Waals surface area contributed by atoms with Crippen LogP contribution in [0.1, 0.15) is 36.7 Å². The van der Waals surface area contributed by atoms with Gasteiger partial charge in [0.1, 0.15) is 0 Å². The van der Waals surface area contributed by atoms with Crippen LogP contribution in [0.2, 0.25) is 0 Å². The first-order valence-electron chi connectivity index (χ1n) is 10.7. The third kappa shape index (κ3) is 6.39. The first-order valence-corrected chi connectivity index (χ1v) is 10.7. The summed E-state index contributed by atoms with van der Waals surface area (Å²) in [5.41, 5.74) is 3.47. The van der Waals surface area contributed by atoms with Crippen LogP contribution < -0.4 is 10.6 Å². The summed E-state index contributed by atoms with van der Waals surface area (Å²) >= 11 is 0. The Bertz CT molecular complexity index is 975. The smallest absolute Gasteiger partial charge is 0.191 e. The lowest BCUT2D eigenvalue weighted by Crippen LogP contribution is -2.36. The molecular weight excluding hydrogens is 501 g/mol. The maximum atomic E-state index is 4.31. The summed E-state index contributed by atoms with van der Waals surface area (Å²) in [4.78, 5) is 6.88. The SMILES string of the molecule is CN=C(NCc1ccc(CN2CCC(C)CC2)cc1)NCc1nnc2ccccn12.I. The first-order chi connectivity index (χ1) is 14.7. The Morgan fingerprint density at radius 3 is 2.45 bits per heavy atom. The molecule has 2 N–H and O–H groups in total. The highest BCUT2D eigenvalue weighted by Gasteiger charge is 2.15. The van der Waals surface area contributed by atoms with E-state index >= 15 is 0 Å². The third-order valence-electron chi connectivity index (χ3n) is 5.79. The van der Waals surface area contributed by atoms with Crippen LogP contribution in [-0.4, -0.2) is 45.6 Å². The molecule has 31 heavy (non-hydrogen) atoms. The van der Waals surface area contributed by atoms with E-state index in [0.29, 0.717) is 6.54 Å². The van der Waals surface area contributed by atoms with Crippen molar-refractivity contribution in [3.05, 3.63) is 65.6 Å². The van der Waals surface area contributed by atoms with Gasteiger partial charge in [0.05, 0.1) is 6.54 Å². The van der Waals surface area contributed by atoms with Crippen molar-refractivity contribution in [2.24, 2.45) is 10.9 Å². The topological polar surface area (TPSA) is 69.8 Å². The Hall–Kier alpha value is -2.20. The predicted molar refractivity (Wildman–Crippen MR) is 136 cm³/mol. The van der Waals surface area contributed by atoms with Crippen LogP contribution in [0.3, 0.4) is 0 Å². The van der Waals surface area contributed by atoms with Gasteiger partial charge in [0.25, 0.3) is 0 Å². The molecule has 0 bridgehead atoms. The number of hydrogen-bond acceptors (Lipinski definition) is 4. The summed E-state index contributed by atoms with van der Waals surface area (Å²) in [5, 5.41) is 15.1. The highest BCUT2D eigenvalue weighted by Crippen LogP contribution is 2.18. The molecule has 4 rings (SSSR count). The molecule has 1 aliphatic heterocycles. The van der Waals surface area contributed by atoms with Gasteiger partial charge in [-0.2, -0.15) is 0 Å². The van der Waals surface area contributed by atoms with Gasteiger partial charge in [-0.3, -0.25) is 14.3 Å². The Morgan fingerprint density at radius 1 is 1.00 bits per heavy atom. The van der Waals surface area contributed by atoms with Gasteiger partial charge in [0.2, 0.25) is 0 Å². The van der Waals surface area contributed by atoms with Crippen molar-refractivity contribution in [1.29, 1.82) is 0 Å². The van der Waals surface area contributed by atoms with Gasteiger partial charge in [0.15, 0.2) is 17.4 Å². The molecule has 1 aromatic carbocycles. The average molecular weight is 533 g/mol. The van der Waals surface area contributed by atoms with Crippen molar-refractivity contribution >= 4 is 35.6 Å². The summed E-state index contributed by atoms with van der Waals surface area (Å²) in [6.07, 6.45) is 4.60. The van der Waals surface area contributed by atoms with Crippen molar-refractivity contribution in [1.82, 2.24) is 30.1 Å². The molecule has 0 saturated carbocycles. The van der Waals surface area contributed by atoms with Gasteiger partial charge in [-0.15, -0.1) is 34.2 Å². The van der Waals surface area contributed by atoms with E-state index in [1.807, 2.05) is 28.8 Å². The zero-order chi connectivity index (χ0) is 20.8. The lowest BCUT2D eigenvalue weighted by molar-refractivity contribution is 0.185. The number of aliphatic imine (C=N–C) groups is 1. The van der Waals surface area contributed by atoms with Gasteiger partial charge in [-0.25, -0.2) is 0 Å². The van der Waals surface area contributed by atoms with Crippen molar-refractivity contribution in [3.8, 4) is 0 Å². The molecule has 0 amide bonds. The molecule has 3 aromatic rings. The van der Waals surface area contributed by atoms with Crippen molar-refractivity contribution < 1.29 is 0 Å². The zero-order valence-electron chi connectivity index (χ0n) is 18.3. The number of aromatic nitrogens is 3. The fraction of sp³-hybridized carbons (Fsp3) is 0.435. The minimum atomic E-state index is 0. The standard InChI is InChI=1S/C23H31N7.HI/c1-18-10-13-29(14-11-18)17-20-8-6-19(7-9-20)15-25-23(24-2)26-16-22-28-27-21-5-3-4-12-30(21)22;/h3-9,12,18H,10-11,13-17H2,1-2H3,(H2,24,25,26);1H. The van der Waals surface area contributed by atoms with Gasteiger partial charge in [-0.05, 0) is 55.1 Å². The molecule has 0 atom stereocenters. The number of guanidine groups is 1. The van der Waals surface area contributed by atoms with E-state index in [4.69, 9.17) is 0 Å². The number of rotatable bonds is 6. The van der Waals surface area contributed by atoms with Crippen molar-refractivity contribution in [3.63, 3.8) is 0 Å². The van der Waals surface area contributed by atoms with Gasteiger partial charge >= 0.3 is 0 Å².